The Hall–Kier alpha value is -1.60. The molecule has 1 fully saturated rings. The highest BCUT2D eigenvalue weighted by molar-refractivity contribution is 7.10. The molecular formula is C16H26N4O2S. The molecule has 7 heteroatoms. The second-order valence-electron chi connectivity index (χ2n) is 6.17. The van der Waals surface area contributed by atoms with E-state index in [-0.39, 0.29) is 24.0 Å². The highest BCUT2D eigenvalue weighted by Gasteiger charge is 2.25. The van der Waals surface area contributed by atoms with Crippen LogP contribution in [0.25, 0.3) is 0 Å². The summed E-state index contributed by atoms with van der Waals surface area (Å²) >= 11 is 1.70. The van der Waals surface area contributed by atoms with E-state index in [4.69, 9.17) is 0 Å². The third-order valence-corrected chi connectivity index (χ3v) is 5.03. The van der Waals surface area contributed by atoms with Crippen LogP contribution in [-0.4, -0.2) is 61.5 Å². The Morgan fingerprint density at radius 2 is 2.26 bits per heavy atom. The van der Waals surface area contributed by atoms with Crippen molar-refractivity contribution >= 4 is 23.3 Å². The second-order valence-corrected chi connectivity index (χ2v) is 7.15. The number of hydrogen-bond acceptors (Lipinski definition) is 4. The molecule has 1 aliphatic rings. The van der Waals surface area contributed by atoms with Gasteiger partial charge in [-0.2, -0.15) is 0 Å². The van der Waals surface area contributed by atoms with E-state index in [2.05, 4.69) is 27.0 Å². The number of nitrogens with zero attached hydrogens (tertiary/aromatic N) is 2. The first kappa shape index (κ1) is 17.7. The molecule has 6 nitrogen and oxygen atoms in total. The van der Waals surface area contributed by atoms with Gasteiger partial charge in [0.05, 0.1) is 6.04 Å². The van der Waals surface area contributed by atoms with Crippen LogP contribution in [-0.2, 0) is 4.79 Å². The Balaban J connectivity index is 1.87. The summed E-state index contributed by atoms with van der Waals surface area (Å²) in [6.45, 7) is 3.42. The van der Waals surface area contributed by atoms with Crippen molar-refractivity contribution in [3.8, 4) is 0 Å². The lowest BCUT2D eigenvalue weighted by Gasteiger charge is -2.33. The van der Waals surface area contributed by atoms with Crippen LogP contribution in [0.1, 0.15) is 30.7 Å². The summed E-state index contributed by atoms with van der Waals surface area (Å²) in [5.74, 6) is -0.0392. The van der Waals surface area contributed by atoms with E-state index >= 15 is 0 Å². The first-order valence-electron chi connectivity index (χ1n) is 7.97. The summed E-state index contributed by atoms with van der Waals surface area (Å²) in [4.78, 5) is 28.7. The molecular weight excluding hydrogens is 312 g/mol. The van der Waals surface area contributed by atoms with Gasteiger partial charge in [-0.3, -0.25) is 4.79 Å². The first-order chi connectivity index (χ1) is 11.0. The minimum atomic E-state index is -0.0524. The van der Waals surface area contributed by atoms with Crippen LogP contribution in [0.5, 0.6) is 0 Å². The molecule has 2 heterocycles. The van der Waals surface area contributed by atoms with E-state index in [1.165, 1.54) is 11.8 Å². The largest absolute Gasteiger partial charge is 0.352 e. The summed E-state index contributed by atoms with van der Waals surface area (Å²) in [7, 11) is 4.04. The Morgan fingerprint density at radius 1 is 1.48 bits per heavy atom. The molecule has 2 N–H and O–H groups in total. The number of piperidine rings is 1. The Bertz CT molecular complexity index is 518. The fraction of sp³-hybridized carbons (Fsp3) is 0.625. The Labute approximate surface area is 141 Å². The fourth-order valence-corrected chi connectivity index (χ4v) is 3.80. The molecule has 0 unspecified atom stereocenters. The van der Waals surface area contributed by atoms with Gasteiger partial charge in [-0.05, 0) is 38.4 Å². The normalized spacial score (nSPS) is 19.5. The molecule has 0 spiro atoms. The lowest BCUT2D eigenvalue weighted by Crippen LogP contribution is -2.52. The highest BCUT2D eigenvalue weighted by atomic mass is 32.1. The summed E-state index contributed by atoms with van der Waals surface area (Å²) < 4.78 is 0. The van der Waals surface area contributed by atoms with Gasteiger partial charge in [-0.1, -0.05) is 6.07 Å². The maximum absolute atomic E-state index is 12.4. The zero-order valence-electron chi connectivity index (χ0n) is 14.0. The maximum Gasteiger partial charge on any atom is 0.317 e. The summed E-state index contributed by atoms with van der Waals surface area (Å²) in [5.41, 5.74) is 0. The Kier molecular flexibility index (Phi) is 6.41. The molecule has 23 heavy (non-hydrogen) atoms. The van der Waals surface area contributed by atoms with Crippen molar-refractivity contribution in [1.29, 1.82) is 0 Å². The van der Waals surface area contributed by atoms with E-state index in [1.807, 2.05) is 20.2 Å². The molecule has 3 amide bonds. The number of urea groups is 1. The summed E-state index contributed by atoms with van der Waals surface area (Å²) in [6, 6.07) is 4.31. The number of rotatable bonds is 5. The lowest BCUT2D eigenvalue weighted by molar-refractivity contribution is -0.119. The molecule has 0 aromatic carbocycles. The monoisotopic (exact) mass is 338 g/mol. The van der Waals surface area contributed by atoms with Crippen molar-refractivity contribution in [2.24, 2.45) is 0 Å². The smallest absolute Gasteiger partial charge is 0.317 e. The molecule has 0 radical (unpaired) electrons. The van der Waals surface area contributed by atoms with E-state index < -0.39 is 0 Å². The number of likely N-dealkylation sites (tertiary alicyclic amines) is 1. The number of nitrogens with one attached hydrogen (secondary N) is 2. The lowest BCUT2D eigenvalue weighted by atomic mass is 10.1. The zero-order valence-corrected chi connectivity index (χ0v) is 14.9. The van der Waals surface area contributed by atoms with Crippen LogP contribution in [0, 0.1) is 0 Å². The first-order valence-corrected chi connectivity index (χ1v) is 8.85. The van der Waals surface area contributed by atoms with Crippen LogP contribution < -0.4 is 10.6 Å². The Morgan fingerprint density at radius 3 is 2.87 bits per heavy atom. The molecule has 128 valence electrons. The molecule has 0 saturated carbocycles. The minimum absolute atomic E-state index is 0.0392. The number of hydrogen-bond donors (Lipinski definition) is 2. The van der Waals surface area contributed by atoms with Gasteiger partial charge in [0.1, 0.15) is 0 Å². The van der Waals surface area contributed by atoms with Crippen molar-refractivity contribution in [2.75, 3.05) is 33.7 Å². The van der Waals surface area contributed by atoms with Gasteiger partial charge in [-0.15, -0.1) is 11.3 Å². The van der Waals surface area contributed by atoms with E-state index in [0.29, 0.717) is 13.1 Å². The predicted molar refractivity (Wildman–Crippen MR) is 92.6 cm³/mol. The highest BCUT2D eigenvalue weighted by Crippen LogP contribution is 2.22. The van der Waals surface area contributed by atoms with Crippen molar-refractivity contribution < 1.29 is 9.59 Å². The summed E-state index contributed by atoms with van der Waals surface area (Å²) in [6.07, 6.45) is 1.85. The fourth-order valence-electron chi connectivity index (χ4n) is 2.88. The number of thiophene rings is 1. The minimum Gasteiger partial charge on any atom is -0.352 e. The van der Waals surface area contributed by atoms with Gasteiger partial charge in [0.15, 0.2) is 0 Å². The number of amides is 3. The van der Waals surface area contributed by atoms with Crippen LogP contribution >= 0.6 is 11.3 Å². The van der Waals surface area contributed by atoms with E-state index in [0.717, 1.165) is 19.4 Å². The number of carbonyl (C=O) groups excluding carboxylic acids is 2. The van der Waals surface area contributed by atoms with Crippen molar-refractivity contribution in [1.82, 2.24) is 20.4 Å². The molecule has 1 aromatic heterocycles. The molecule has 1 saturated heterocycles. The van der Waals surface area contributed by atoms with Gasteiger partial charge < -0.3 is 20.4 Å². The molecule has 2 rings (SSSR count). The van der Waals surface area contributed by atoms with Crippen LogP contribution in [0.3, 0.4) is 0 Å². The van der Waals surface area contributed by atoms with Gasteiger partial charge in [0.25, 0.3) is 0 Å². The van der Waals surface area contributed by atoms with Gasteiger partial charge in [0, 0.05) is 37.5 Å². The second kappa shape index (κ2) is 8.31. The standard InChI is InChI=1S/C16H26N4O2S/c1-12(21)18-13-6-4-8-20(11-13)16(22)17-10-14(19(2)3)15-7-5-9-23-15/h5,7,9,13-14H,4,6,8,10-11H2,1-3H3,(H,17,22)(H,18,21)/t13-,14-/m0/s1. The van der Waals surface area contributed by atoms with Crippen LogP contribution in [0.15, 0.2) is 17.5 Å². The average Bonchev–Trinajstić information content (AvgIpc) is 3.00. The van der Waals surface area contributed by atoms with Gasteiger partial charge >= 0.3 is 6.03 Å². The number of carbonyl (C=O) groups is 2. The quantitative estimate of drug-likeness (QED) is 0.858. The maximum atomic E-state index is 12.4. The van der Waals surface area contributed by atoms with Crippen LogP contribution in [0.4, 0.5) is 4.79 Å². The van der Waals surface area contributed by atoms with Crippen LogP contribution in [0.2, 0.25) is 0 Å². The third-order valence-electron chi connectivity index (χ3n) is 4.06. The van der Waals surface area contributed by atoms with E-state index in [9.17, 15) is 9.59 Å². The average molecular weight is 338 g/mol. The van der Waals surface area contributed by atoms with Crippen molar-refractivity contribution in [3.63, 3.8) is 0 Å². The topological polar surface area (TPSA) is 64.7 Å². The van der Waals surface area contributed by atoms with E-state index in [1.54, 1.807) is 16.2 Å². The van der Waals surface area contributed by atoms with Crippen molar-refractivity contribution in [3.05, 3.63) is 22.4 Å². The van der Waals surface area contributed by atoms with Gasteiger partial charge in [-0.25, -0.2) is 4.79 Å². The molecule has 2 atom stereocenters. The molecule has 1 aromatic rings. The third kappa shape index (κ3) is 5.21. The zero-order chi connectivity index (χ0) is 16.8. The van der Waals surface area contributed by atoms with Gasteiger partial charge in [0.2, 0.25) is 5.91 Å². The predicted octanol–water partition coefficient (Wildman–Crippen LogP) is 1.66. The molecule has 0 bridgehead atoms. The van der Waals surface area contributed by atoms with Crippen molar-refractivity contribution in [2.45, 2.75) is 31.8 Å². The SMILES string of the molecule is CC(=O)N[C@H]1CCCN(C(=O)NC[C@@H](c2cccs2)N(C)C)C1. The summed E-state index contributed by atoms with van der Waals surface area (Å²) in [5, 5.41) is 7.99. The molecule has 1 aliphatic heterocycles. The number of likely N-dealkylation sites (N-methyl/N-ethyl adjacent to an activating group) is 1. The molecule has 0 aliphatic carbocycles.